The average molecular weight is 403 g/mol. The predicted molar refractivity (Wildman–Crippen MR) is 106 cm³/mol. The van der Waals surface area contributed by atoms with Gasteiger partial charge >= 0.3 is 0 Å². The molecule has 2 heterocycles. The van der Waals surface area contributed by atoms with E-state index in [2.05, 4.69) is 4.90 Å². The summed E-state index contributed by atoms with van der Waals surface area (Å²) in [5.74, 6) is -0.402. The van der Waals surface area contributed by atoms with Gasteiger partial charge in [0.15, 0.2) is 0 Å². The van der Waals surface area contributed by atoms with Gasteiger partial charge in [0, 0.05) is 35.7 Å². The molecule has 1 aromatic rings. The molecule has 2 aliphatic carbocycles. The Bertz CT molecular complexity index is 781. The van der Waals surface area contributed by atoms with Crippen LogP contribution in [0.25, 0.3) is 0 Å². The van der Waals surface area contributed by atoms with Crippen LogP contribution in [0.5, 0.6) is 0 Å². The van der Waals surface area contributed by atoms with Crippen molar-refractivity contribution in [2.75, 3.05) is 13.2 Å². The second kappa shape index (κ2) is 7.64. The van der Waals surface area contributed by atoms with Gasteiger partial charge in [-0.05, 0) is 61.6 Å². The van der Waals surface area contributed by atoms with Gasteiger partial charge < -0.3 is 4.74 Å². The minimum atomic E-state index is -0.656. The molecule has 1 amide bonds. The molecule has 158 valence electrons. The number of fused-ring (bicyclic) bond motifs is 1. The van der Waals surface area contributed by atoms with Gasteiger partial charge in [-0.25, -0.2) is 9.87 Å². The summed E-state index contributed by atoms with van der Waals surface area (Å²) >= 11 is 0. The molecular weight excluding hydrogens is 371 g/mol. The van der Waals surface area contributed by atoms with Crippen molar-refractivity contribution in [2.24, 2.45) is 11.3 Å². The monoisotopic (exact) mass is 402 g/mol. The van der Waals surface area contributed by atoms with E-state index >= 15 is 0 Å². The molecule has 3 fully saturated rings. The van der Waals surface area contributed by atoms with Crippen molar-refractivity contribution in [2.45, 2.75) is 76.4 Å². The van der Waals surface area contributed by atoms with Crippen LogP contribution in [0.4, 0.5) is 4.39 Å². The Kier molecular flexibility index (Phi) is 5.13. The van der Waals surface area contributed by atoms with E-state index in [9.17, 15) is 9.18 Å². The maximum absolute atomic E-state index is 14.9. The number of hydrogen-bond acceptors (Lipinski definition) is 4. The van der Waals surface area contributed by atoms with Gasteiger partial charge in [-0.2, -0.15) is 0 Å². The zero-order valence-corrected chi connectivity index (χ0v) is 17.0. The summed E-state index contributed by atoms with van der Waals surface area (Å²) in [5, 5.41) is 8.92. The molecule has 1 aromatic carbocycles. The number of amides is 1. The van der Waals surface area contributed by atoms with Gasteiger partial charge in [0.2, 0.25) is 0 Å². The molecule has 2 N–H and O–H groups in total. The number of halogens is 1. The highest BCUT2D eigenvalue weighted by molar-refractivity contribution is 5.93. The molecule has 0 aromatic heterocycles. The van der Waals surface area contributed by atoms with E-state index in [0.717, 1.165) is 37.2 Å². The highest BCUT2D eigenvalue weighted by atomic mass is 19.1. The highest BCUT2D eigenvalue weighted by Crippen LogP contribution is 2.54. The molecule has 2 aliphatic heterocycles. The fourth-order valence-electron chi connectivity index (χ4n) is 6.27. The van der Waals surface area contributed by atoms with Crippen LogP contribution < -0.4 is 5.48 Å². The number of rotatable bonds is 4. The summed E-state index contributed by atoms with van der Waals surface area (Å²) < 4.78 is 20.3. The Morgan fingerprint density at radius 2 is 2.00 bits per heavy atom. The topological polar surface area (TPSA) is 61.8 Å². The molecule has 29 heavy (non-hydrogen) atoms. The van der Waals surface area contributed by atoms with E-state index in [1.54, 1.807) is 11.5 Å². The number of carbonyl (C=O) groups is 1. The normalized spacial score (nSPS) is 27.2. The fourth-order valence-corrected chi connectivity index (χ4v) is 6.27. The van der Waals surface area contributed by atoms with E-state index in [0.29, 0.717) is 30.0 Å². The molecule has 5 rings (SSSR count). The summed E-state index contributed by atoms with van der Waals surface area (Å²) in [4.78, 5) is 14.4. The van der Waals surface area contributed by atoms with E-state index in [-0.39, 0.29) is 11.4 Å². The van der Waals surface area contributed by atoms with Gasteiger partial charge in [-0.15, -0.1) is 0 Å². The molecule has 1 saturated heterocycles. The van der Waals surface area contributed by atoms with E-state index in [4.69, 9.17) is 9.94 Å². The van der Waals surface area contributed by atoms with E-state index in [1.807, 2.05) is 0 Å². The summed E-state index contributed by atoms with van der Waals surface area (Å²) in [6, 6.07) is 3.93. The number of nitrogens with one attached hydrogen (secondary N) is 1. The Hall–Kier alpha value is -1.50. The lowest BCUT2D eigenvalue weighted by atomic mass is 9.57. The fraction of sp³-hybridized carbons (Fsp3) is 0.696. The number of benzene rings is 1. The molecule has 6 heteroatoms. The van der Waals surface area contributed by atoms with Crippen LogP contribution in [-0.4, -0.2) is 41.3 Å². The summed E-state index contributed by atoms with van der Waals surface area (Å²) in [7, 11) is 0. The van der Waals surface area contributed by atoms with E-state index < -0.39 is 5.91 Å². The van der Waals surface area contributed by atoms with Gasteiger partial charge in [0.1, 0.15) is 5.82 Å². The maximum Gasteiger partial charge on any atom is 0.274 e. The first kappa shape index (κ1) is 19.5. The third-order valence-electron chi connectivity index (χ3n) is 7.95. The lowest BCUT2D eigenvalue weighted by molar-refractivity contribution is -0.0795. The van der Waals surface area contributed by atoms with Crippen molar-refractivity contribution in [3.8, 4) is 0 Å². The highest BCUT2D eigenvalue weighted by Gasteiger charge is 2.49. The minimum Gasteiger partial charge on any atom is -0.381 e. The first-order valence-electron chi connectivity index (χ1n) is 11.2. The molecule has 0 bridgehead atoms. The molecular formula is C23H31FN2O3. The first-order valence-corrected chi connectivity index (χ1v) is 11.2. The van der Waals surface area contributed by atoms with Gasteiger partial charge in [0.25, 0.3) is 5.91 Å². The van der Waals surface area contributed by atoms with Crippen molar-refractivity contribution < 1.29 is 19.1 Å². The number of hydroxylamine groups is 1. The molecule has 2 saturated carbocycles. The van der Waals surface area contributed by atoms with Crippen LogP contribution in [0.15, 0.2) is 12.1 Å². The standard InChI is InChI=1S/C23H31FN2O3/c24-21-9-17(22(27)25-28)7-16-8-18(6-15-13-29-14-15)26(12-20(16)21)19-10-23(11-19)4-2-1-3-5-23/h7,9,15,18-19,28H,1-6,8,10-14H2,(H,25,27)/t18-/m0/s1. The molecule has 1 spiro atoms. The van der Waals surface area contributed by atoms with Gasteiger partial charge in [0.05, 0.1) is 13.2 Å². The summed E-state index contributed by atoms with van der Waals surface area (Å²) in [5.41, 5.74) is 4.00. The quantitative estimate of drug-likeness (QED) is 0.594. The zero-order chi connectivity index (χ0) is 20.0. The van der Waals surface area contributed by atoms with Crippen molar-refractivity contribution in [1.29, 1.82) is 0 Å². The second-order valence-electron chi connectivity index (χ2n) is 9.83. The summed E-state index contributed by atoms with van der Waals surface area (Å²) in [6.45, 7) is 2.28. The maximum atomic E-state index is 14.9. The SMILES string of the molecule is O=C(NO)c1cc(F)c2c(c1)C[C@H](CC1COC1)N(C1CC3(CCCCC3)C1)C2. The Morgan fingerprint density at radius 3 is 2.66 bits per heavy atom. The van der Waals surface area contributed by atoms with Crippen molar-refractivity contribution in [3.63, 3.8) is 0 Å². The lowest BCUT2D eigenvalue weighted by Gasteiger charge is -2.57. The van der Waals surface area contributed by atoms with Crippen LogP contribution >= 0.6 is 0 Å². The molecule has 5 nitrogen and oxygen atoms in total. The Morgan fingerprint density at radius 1 is 1.24 bits per heavy atom. The van der Waals surface area contributed by atoms with Crippen LogP contribution in [-0.2, 0) is 17.7 Å². The van der Waals surface area contributed by atoms with Crippen LogP contribution in [0, 0.1) is 17.2 Å². The van der Waals surface area contributed by atoms with Crippen molar-refractivity contribution in [3.05, 3.63) is 34.6 Å². The lowest BCUT2D eigenvalue weighted by Crippen LogP contribution is -2.57. The molecule has 0 unspecified atom stereocenters. The molecule has 4 aliphatic rings. The van der Waals surface area contributed by atoms with Crippen molar-refractivity contribution >= 4 is 5.91 Å². The van der Waals surface area contributed by atoms with Crippen molar-refractivity contribution in [1.82, 2.24) is 10.4 Å². The Balaban J connectivity index is 1.38. The smallest absolute Gasteiger partial charge is 0.274 e. The van der Waals surface area contributed by atoms with Crippen LogP contribution in [0.2, 0.25) is 0 Å². The van der Waals surface area contributed by atoms with Gasteiger partial charge in [-0.1, -0.05) is 19.3 Å². The van der Waals surface area contributed by atoms with Gasteiger partial charge in [-0.3, -0.25) is 14.9 Å². The number of nitrogens with zero attached hydrogens (tertiary/aromatic N) is 1. The number of carbonyl (C=O) groups excluding carboxylic acids is 1. The predicted octanol–water partition coefficient (Wildman–Crippen LogP) is 3.82. The Labute approximate surface area is 171 Å². The second-order valence-corrected chi connectivity index (χ2v) is 9.83. The average Bonchev–Trinajstić information content (AvgIpc) is 2.68. The first-order chi connectivity index (χ1) is 14.1. The largest absolute Gasteiger partial charge is 0.381 e. The number of ether oxygens (including phenoxy) is 1. The van der Waals surface area contributed by atoms with Crippen LogP contribution in [0.1, 0.15) is 72.9 Å². The number of hydrogen-bond donors (Lipinski definition) is 2. The molecule has 1 atom stereocenters. The van der Waals surface area contributed by atoms with E-state index in [1.165, 1.54) is 51.0 Å². The third kappa shape index (κ3) is 3.60. The van der Waals surface area contributed by atoms with Crippen LogP contribution in [0.3, 0.4) is 0 Å². The molecule has 0 radical (unpaired) electrons. The minimum absolute atomic E-state index is 0.188. The third-order valence-corrected chi connectivity index (χ3v) is 7.95. The summed E-state index contributed by atoms with van der Waals surface area (Å²) in [6.07, 6.45) is 11.2. The zero-order valence-electron chi connectivity index (χ0n) is 17.0.